The largest absolute Gasteiger partial charge is 0.497 e. The molecule has 0 spiro atoms. The molecule has 2 heterocycles. The van der Waals surface area contributed by atoms with Crippen molar-refractivity contribution in [3.63, 3.8) is 0 Å². The van der Waals surface area contributed by atoms with E-state index in [1.165, 1.54) is 11.6 Å². The van der Waals surface area contributed by atoms with Crippen molar-refractivity contribution in [2.24, 2.45) is 14.1 Å². The lowest BCUT2D eigenvalue weighted by Gasteiger charge is -2.11. The molecule has 0 aliphatic rings. The number of halogens is 1. The molecule has 0 atom stereocenters. The van der Waals surface area contributed by atoms with Gasteiger partial charge in [0.2, 0.25) is 0 Å². The van der Waals surface area contributed by atoms with Crippen LogP contribution in [0.1, 0.15) is 0 Å². The van der Waals surface area contributed by atoms with Crippen LogP contribution in [0.2, 0.25) is 0 Å². The topological polar surface area (TPSA) is 58.2 Å². The Hall–Kier alpha value is -3.06. The second-order valence-electron chi connectivity index (χ2n) is 6.52. The van der Waals surface area contributed by atoms with E-state index < -0.39 is 0 Å². The second kappa shape index (κ2) is 6.83. The normalized spacial score (nSPS) is 11.1. The molecule has 0 unspecified atom stereocenters. The van der Waals surface area contributed by atoms with Crippen molar-refractivity contribution < 1.29 is 4.74 Å². The van der Waals surface area contributed by atoms with Crippen molar-refractivity contribution >= 4 is 26.8 Å². The first-order valence-corrected chi connectivity index (χ1v) is 9.43. The SMILES string of the molecule is COc1ccc(-c2c3c(=O)n(C)c(=O)n(C)c3cn2-c2cccc(Br)c2)cc1. The molecule has 4 rings (SSSR count). The zero-order chi connectivity index (χ0) is 20.0. The van der Waals surface area contributed by atoms with Crippen LogP contribution in [0.4, 0.5) is 0 Å². The molecule has 0 aliphatic carbocycles. The summed E-state index contributed by atoms with van der Waals surface area (Å²) in [4.78, 5) is 25.5. The number of aromatic nitrogens is 3. The molecule has 2 aromatic carbocycles. The molecule has 142 valence electrons. The molecule has 4 aromatic rings. The summed E-state index contributed by atoms with van der Waals surface area (Å²) in [5, 5.41) is 0.495. The quantitative estimate of drug-likeness (QED) is 0.490. The Morgan fingerprint density at radius 1 is 0.964 bits per heavy atom. The number of nitrogens with zero attached hydrogens (tertiary/aromatic N) is 3. The number of hydrogen-bond donors (Lipinski definition) is 0. The van der Waals surface area contributed by atoms with Crippen molar-refractivity contribution in [3.8, 4) is 22.7 Å². The van der Waals surface area contributed by atoms with Crippen molar-refractivity contribution in [2.45, 2.75) is 0 Å². The van der Waals surface area contributed by atoms with Crippen molar-refractivity contribution in [1.29, 1.82) is 0 Å². The summed E-state index contributed by atoms with van der Waals surface area (Å²) in [7, 11) is 4.78. The monoisotopic (exact) mass is 439 g/mol. The summed E-state index contributed by atoms with van der Waals surface area (Å²) >= 11 is 3.50. The van der Waals surface area contributed by atoms with Crippen LogP contribution < -0.4 is 16.0 Å². The van der Waals surface area contributed by atoms with E-state index in [1.807, 2.05) is 59.3 Å². The number of rotatable bonds is 3. The van der Waals surface area contributed by atoms with Gasteiger partial charge in [-0.1, -0.05) is 22.0 Å². The lowest BCUT2D eigenvalue weighted by Crippen LogP contribution is -2.36. The Kier molecular flexibility index (Phi) is 4.47. The average molecular weight is 440 g/mol. The number of fused-ring (bicyclic) bond motifs is 1. The first kappa shape index (κ1) is 18.3. The maximum absolute atomic E-state index is 13.0. The van der Waals surface area contributed by atoms with Gasteiger partial charge in [-0.15, -0.1) is 0 Å². The molecule has 0 fully saturated rings. The van der Waals surface area contributed by atoms with Gasteiger partial charge in [0.25, 0.3) is 5.56 Å². The van der Waals surface area contributed by atoms with Gasteiger partial charge in [0, 0.05) is 30.5 Å². The number of aryl methyl sites for hydroxylation is 1. The molecule has 0 N–H and O–H groups in total. The molecule has 2 aromatic heterocycles. The van der Waals surface area contributed by atoms with Crippen molar-refractivity contribution in [2.75, 3.05) is 7.11 Å². The van der Waals surface area contributed by atoms with E-state index >= 15 is 0 Å². The van der Waals surface area contributed by atoms with Gasteiger partial charge in [-0.3, -0.25) is 13.9 Å². The average Bonchev–Trinajstić information content (AvgIpc) is 3.11. The fourth-order valence-electron chi connectivity index (χ4n) is 3.40. The fourth-order valence-corrected chi connectivity index (χ4v) is 3.79. The minimum Gasteiger partial charge on any atom is -0.497 e. The number of benzene rings is 2. The Morgan fingerprint density at radius 2 is 1.68 bits per heavy atom. The van der Waals surface area contributed by atoms with Crippen LogP contribution in [0.25, 0.3) is 27.8 Å². The third-order valence-corrected chi connectivity index (χ3v) is 5.38. The summed E-state index contributed by atoms with van der Waals surface area (Å²) in [6, 6.07) is 15.3. The van der Waals surface area contributed by atoms with Crippen LogP contribution in [0.15, 0.2) is 68.8 Å². The first-order chi connectivity index (χ1) is 13.4. The Balaban J connectivity index is 2.16. The predicted molar refractivity (Wildman–Crippen MR) is 113 cm³/mol. The van der Waals surface area contributed by atoms with Gasteiger partial charge in [-0.05, 0) is 48.0 Å². The number of hydrogen-bond acceptors (Lipinski definition) is 3. The molecule has 0 saturated heterocycles. The molecule has 7 heteroatoms. The van der Waals surface area contributed by atoms with Crippen molar-refractivity contribution in [3.05, 3.63) is 80.0 Å². The third kappa shape index (κ3) is 2.79. The van der Waals surface area contributed by atoms with Crippen LogP contribution in [-0.4, -0.2) is 20.8 Å². The molecule has 0 bridgehead atoms. The first-order valence-electron chi connectivity index (χ1n) is 8.64. The van der Waals surface area contributed by atoms with Crippen molar-refractivity contribution in [1.82, 2.24) is 13.7 Å². The van der Waals surface area contributed by atoms with E-state index in [-0.39, 0.29) is 11.2 Å². The van der Waals surface area contributed by atoms with Crippen LogP contribution in [0, 0.1) is 0 Å². The molecule has 28 heavy (non-hydrogen) atoms. The van der Waals surface area contributed by atoms with E-state index in [9.17, 15) is 9.59 Å². The molecule has 0 radical (unpaired) electrons. The minimum absolute atomic E-state index is 0.322. The molecule has 6 nitrogen and oxygen atoms in total. The highest BCUT2D eigenvalue weighted by Crippen LogP contribution is 2.32. The summed E-state index contributed by atoms with van der Waals surface area (Å²) in [5.74, 6) is 0.730. The van der Waals surface area contributed by atoms with Gasteiger partial charge in [-0.2, -0.15) is 0 Å². The Morgan fingerprint density at radius 3 is 2.32 bits per heavy atom. The smallest absolute Gasteiger partial charge is 0.330 e. The lowest BCUT2D eigenvalue weighted by molar-refractivity contribution is 0.415. The van der Waals surface area contributed by atoms with E-state index in [1.54, 1.807) is 14.2 Å². The highest BCUT2D eigenvalue weighted by atomic mass is 79.9. The zero-order valence-corrected chi connectivity index (χ0v) is 17.2. The summed E-state index contributed by atoms with van der Waals surface area (Å²) in [6.45, 7) is 0. The Bertz CT molecular complexity index is 1310. The number of methoxy groups -OCH3 is 1. The number of ether oxygens (including phenoxy) is 1. The molecule has 0 aliphatic heterocycles. The molecule has 0 saturated carbocycles. The summed E-state index contributed by atoms with van der Waals surface area (Å²) < 4.78 is 10.8. The summed E-state index contributed by atoms with van der Waals surface area (Å²) in [5.41, 5.74) is 2.37. The van der Waals surface area contributed by atoms with Crippen LogP contribution in [-0.2, 0) is 14.1 Å². The minimum atomic E-state index is -0.356. The Labute approximate surface area is 169 Å². The van der Waals surface area contributed by atoms with Gasteiger partial charge >= 0.3 is 5.69 Å². The van der Waals surface area contributed by atoms with E-state index in [0.717, 1.165) is 31.7 Å². The van der Waals surface area contributed by atoms with Gasteiger partial charge < -0.3 is 9.30 Å². The van der Waals surface area contributed by atoms with Crippen LogP contribution in [0.5, 0.6) is 5.75 Å². The van der Waals surface area contributed by atoms with Gasteiger partial charge in [-0.25, -0.2) is 4.79 Å². The lowest BCUT2D eigenvalue weighted by atomic mass is 10.1. The van der Waals surface area contributed by atoms with Gasteiger partial charge in [0.1, 0.15) is 5.75 Å². The van der Waals surface area contributed by atoms with E-state index in [0.29, 0.717) is 10.9 Å². The maximum atomic E-state index is 13.0. The predicted octanol–water partition coefficient (Wildman–Crippen LogP) is 3.47. The van der Waals surface area contributed by atoms with E-state index in [4.69, 9.17) is 4.74 Å². The highest BCUT2D eigenvalue weighted by Gasteiger charge is 2.20. The fraction of sp³-hybridized carbons (Fsp3) is 0.143. The van der Waals surface area contributed by atoms with Crippen LogP contribution >= 0.6 is 15.9 Å². The van der Waals surface area contributed by atoms with Gasteiger partial charge in [0.15, 0.2) is 0 Å². The van der Waals surface area contributed by atoms with Crippen LogP contribution in [0.3, 0.4) is 0 Å². The molecule has 0 amide bonds. The standard InChI is InChI=1S/C21H18BrN3O3/c1-23-17-12-25(15-6-4-5-14(22)11-15)19(13-7-9-16(28-3)10-8-13)18(17)20(26)24(2)21(23)27/h4-12H,1-3H3. The zero-order valence-electron chi connectivity index (χ0n) is 15.6. The third-order valence-electron chi connectivity index (χ3n) is 4.89. The maximum Gasteiger partial charge on any atom is 0.330 e. The molecular weight excluding hydrogens is 422 g/mol. The second-order valence-corrected chi connectivity index (χ2v) is 7.44. The highest BCUT2D eigenvalue weighted by molar-refractivity contribution is 9.10. The van der Waals surface area contributed by atoms with E-state index in [2.05, 4.69) is 15.9 Å². The summed E-state index contributed by atoms with van der Waals surface area (Å²) in [6.07, 6.45) is 1.83. The molecular formula is C21H18BrN3O3. The van der Waals surface area contributed by atoms with Gasteiger partial charge in [0.05, 0.1) is 23.7 Å².